The van der Waals surface area contributed by atoms with Crippen LogP contribution in [-0.2, 0) is 10.3 Å². The molecule has 2 aromatic rings. The van der Waals surface area contributed by atoms with Crippen LogP contribution in [0.5, 0.6) is 5.75 Å². The van der Waals surface area contributed by atoms with Crippen LogP contribution in [0.2, 0.25) is 0 Å². The first-order valence-electron chi connectivity index (χ1n) is 9.56. The molecule has 0 amide bonds. The summed E-state index contributed by atoms with van der Waals surface area (Å²) in [4.78, 5) is 12.8. The second-order valence-electron chi connectivity index (χ2n) is 7.25. The van der Waals surface area contributed by atoms with Crippen molar-refractivity contribution in [1.82, 2.24) is 0 Å². The van der Waals surface area contributed by atoms with Gasteiger partial charge in [0.15, 0.2) is 0 Å². The number of benzene rings is 2. The van der Waals surface area contributed by atoms with E-state index in [2.05, 4.69) is 13.8 Å². The Kier molecular flexibility index (Phi) is 5.65. The van der Waals surface area contributed by atoms with E-state index in [0.29, 0.717) is 11.5 Å². The molecule has 1 aliphatic rings. The molecule has 0 N–H and O–H groups in total. The normalized spacial score (nSPS) is 16.9. The molecular weight excluding hydrogens is 324 g/mol. The molecule has 1 saturated carbocycles. The maximum absolute atomic E-state index is 12.8. The molecule has 1 aliphatic carbocycles. The van der Waals surface area contributed by atoms with Gasteiger partial charge in [0.1, 0.15) is 11.4 Å². The van der Waals surface area contributed by atoms with E-state index in [1.165, 1.54) is 5.56 Å². The summed E-state index contributed by atoms with van der Waals surface area (Å²) in [7, 11) is 1.66. The van der Waals surface area contributed by atoms with Crippen molar-refractivity contribution in [2.75, 3.05) is 7.11 Å². The Bertz CT molecular complexity index is 725. The lowest BCUT2D eigenvalue weighted by molar-refractivity contribution is -0.0183. The van der Waals surface area contributed by atoms with E-state index in [1.54, 1.807) is 7.11 Å². The molecule has 2 aromatic carbocycles. The third-order valence-electron chi connectivity index (χ3n) is 5.64. The summed E-state index contributed by atoms with van der Waals surface area (Å²) in [5, 5.41) is 0. The summed E-state index contributed by atoms with van der Waals surface area (Å²) in [6, 6.07) is 15.8. The fourth-order valence-corrected chi connectivity index (χ4v) is 3.71. The van der Waals surface area contributed by atoms with Gasteiger partial charge in [-0.3, -0.25) is 0 Å². The average Bonchev–Trinajstić information content (AvgIpc) is 3.17. The zero-order valence-electron chi connectivity index (χ0n) is 16.0. The molecule has 0 aromatic heterocycles. The molecular formula is C23H28O3. The fraction of sp³-hybridized carbons (Fsp3) is 0.435. The van der Waals surface area contributed by atoms with Gasteiger partial charge in [-0.25, -0.2) is 4.79 Å². The van der Waals surface area contributed by atoms with E-state index < -0.39 is 5.60 Å². The van der Waals surface area contributed by atoms with Gasteiger partial charge < -0.3 is 9.47 Å². The van der Waals surface area contributed by atoms with Crippen LogP contribution in [0.4, 0.5) is 0 Å². The van der Waals surface area contributed by atoms with Crippen molar-refractivity contribution in [2.24, 2.45) is 0 Å². The Morgan fingerprint density at radius 2 is 1.65 bits per heavy atom. The minimum atomic E-state index is -0.515. The molecule has 138 valence electrons. The fourth-order valence-electron chi connectivity index (χ4n) is 3.71. The maximum atomic E-state index is 12.8. The Labute approximate surface area is 156 Å². The van der Waals surface area contributed by atoms with Crippen molar-refractivity contribution in [2.45, 2.75) is 57.5 Å². The standard InChI is InChI=1S/C23H28O3/c1-4-17(2)18-7-9-19(10-8-18)22(24)26-23(15-5-6-16-23)20-11-13-21(25-3)14-12-20/h7-14,17H,4-6,15-16H2,1-3H3. The number of hydrogen-bond acceptors (Lipinski definition) is 3. The molecule has 0 radical (unpaired) electrons. The van der Waals surface area contributed by atoms with Crippen molar-refractivity contribution < 1.29 is 14.3 Å². The molecule has 0 bridgehead atoms. The highest BCUT2D eigenvalue weighted by molar-refractivity contribution is 5.89. The third-order valence-corrected chi connectivity index (χ3v) is 5.64. The van der Waals surface area contributed by atoms with E-state index in [1.807, 2.05) is 48.5 Å². The lowest BCUT2D eigenvalue weighted by Crippen LogP contribution is -2.29. The Balaban J connectivity index is 1.80. The van der Waals surface area contributed by atoms with E-state index in [9.17, 15) is 4.79 Å². The van der Waals surface area contributed by atoms with Gasteiger partial charge in [-0.1, -0.05) is 38.1 Å². The van der Waals surface area contributed by atoms with Crippen molar-refractivity contribution in [3.05, 3.63) is 65.2 Å². The number of ether oxygens (including phenoxy) is 2. The summed E-state index contributed by atoms with van der Waals surface area (Å²) in [5.74, 6) is 1.08. The largest absolute Gasteiger partial charge is 0.497 e. The van der Waals surface area contributed by atoms with Crippen LogP contribution in [0.25, 0.3) is 0 Å². The summed E-state index contributed by atoms with van der Waals surface area (Å²) < 4.78 is 11.3. The highest BCUT2D eigenvalue weighted by Crippen LogP contribution is 2.43. The molecule has 3 rings (SSSR count). The quantitative estimate of drug-likeness (QED) is 0.613. The molecule has 1 unspecified atom stereocenters. The van der Waals surface area contributed by atoms with Gasteiger partial charge in [-0.15, -0.1) is 0 Å². The van der Waals surface area contributed by atoms with Crippen LogP contribution in [0, 0.1) is 0 Å². The molecule has 3 heteroatoms. The van der Waals surface area contributed by atoms with Crippen LogP contribution >= 0.6 is 0 Å². The minimum Gasteiger partial charge on any atom is -0.497 e. The van der Waals surface area contributed by atoms with E-state index in [0.717, 1.165) is 43.4 Å². The summed E-state index contributed by atoms with van der Waals surface area (Å²) in [5.41, 5.74) is 2.42. The SMILES string of the molecule is CCC(C)c1ccc(C(=O)OC2(c3ccc(OC)cc3)CCCC2)cc1. The molecule has 0 aliphatic heterocycles. The molecule has 1 atom stereocenters. The lowest BCUT2D eigenvalue weighted by atomic mass is 9.91. The number of methoxy groups -OCH3 is 1. The molecule has 1 fully saturated rings. The van der Waals surface area contributed by atoms with Crippen molar-refractivity contribution in [1.29, 1.82) is 0 Å². The summed E-state index contributed by atoms with van der Waals surface area (Å²) in [6.07, 6.45) is 4.98. The van der Waals surface area contributed by atoms with Gasteiger partial charge >= 0.3 is 5.97 Å². The smallest absolute Gasteiger partial charge is 0.339 e. The zero-order valence-corrected chi connectivity index (χ0v) is 16.0. The molecule has 26 heavy (non-hydrogen) atoms. The topological polar surface area (TPSA) is 35.5 Å². The highest BCUT2D eigenvalue weighted by atomic mass is 16.6. The van der Waals surface area contributed by atoms with Gasteiger partial charge in [0.05, 0.1) is 12.7 Å². The van der Waals surface area contributed by atoms with Crippen LogP contribution in [0.3, 0.4) is 0 Å². The molecule has 0 spiro atoms. The first kappa shape index (κ1) is 18.5. The average molecular weight is 352 g/mol. The Morgan fingerprint density at radius 3 is 2.19 bits per heavy atom. The number of hydrogen-bond donors (Lipinski definition) is 0. The third kappa shape index (κ3) is 3.77. The number of esters is 1. The van der Waals surface area contributed by atoms with Crippen LogP contribution in [0.1, 0.15) is 73.4 Å². The van der Waals surface area contributed by atoms with Crippen molar-refractivity contribution in [3.63, 3.8) is 0 Å². The first-order valence-corrected chi connectivity index (χ1v) is 9.56. The van der Waals surface area contributed by atoms with E-state index in [-0.39, 0.29) is 5.97 Å². The monoisotopic (exact) mass is 352 g/mol. The zero-order chi connectivity index (χ0) is 18.6. The molecule has 0 saturated heterocycles. The van der Waals surface area contributed by atoms with Crippen molar-refractivity contribution in [3.8, 4) is 5.75 Å². The van der Waals surface area contributed by atoms with Gasteiger partial charge in [-0.2, -0.15) is 0 Å². The van der Waals surface area contributed by atoms with Crippen LogP contribution in [0.15, 0.2) is 48.5 Å². The number of rotatable bonds is 6. The van der Waals surface area contributed by atoms with Gasteiger partial charge in [0.2, 0.25) is 0 Å². The van der Waals surface area contributed by atoms with Gasteiger partial charge in [0.25, 0.3) is 0 Å². The van der Waals surface area contributed by atoms with E-state index in [4.69, 9.17) is 9.47 Å². The molecule has 3 nitrogen and oxygen atoms in total. The van der Waals surface area contributed by atoms with Crippen LogP contribution in [-0.4, -0.2) is 13.1 Å². The Hall–Kier alpha value is -2.29. The number of carbonyl (C=O) groups is 1. The second-order valence-corrected chi connectivity index (χ2v) is 7.25. The van der Waals surface area contributed by atoms with Crippen molar-refractivity contribution >= 4 is 5.97 Å². The number of carbonyl (C=O) groups excluding carboxylic acids is 1. The predicted molar refractivity (Wildman–Crippen MR) is 104 cm³/mol. The highest BCUT2D eigenvalue weighted by Gasteiger charge is 2.39. The lowest BCUT2D eigenvalue weighted by Gasteiger charge is -2.30. The second kappa shape index (κ2) is 7.94. The molecule has 0 heterocycles. The summed E-state index contributed by atoms with van der Waals surface area (Å²) in [6.45, 7) is 4.37. The van der Waals surface area contributed by atoms with Gasteiger partial charge in [-0.05, 0) is 73.4 Å². The Morgan fingerprint density at radius 1 is 1.04 bits per heavy atom. The summed E-state index contributed by atoms with van der Waals surface area (Å²) >= 11 is 0. The maximum Gasteiger partial charge on any atom is 0.339 e. The van der Waals surface area contributed by atoms with Crippen LogP contribution < -0.4 is 4.74 Å². The predicted octanol–water partition coefficient (Wildman–Crippen LogP) is 5.84. The minimum absolute atomic E-state index is 0.238. The first-order chi connectivity index (χ1) is 12.6. The van der Waals surface area contributed by atoms with Gasteiger partial charge in [0, 0.05) is 0 Å². The van der Waals surface area contributed by atoms with E-state index >= 15 is 0 Å².